The number of pyridine rings is 1. The molecule has 0 N–H and O–H groups in total. The SMILES string of the molecule is CCC(=O)[C@@H]1[C@H]2C[C@H](CN(C)C2)c2cccc(=O)n21. The van der Waals surface area contributed by atoms with Gasteiger partial charge in [0.05, 0.1) is 6.04 Å². The molecular weight excluding hydrogens is 240 g/mol. The zero-order valence-corrected chi connectivity index (χ0v) is 11.5. The molecule has 1 fully saturated rings. The summed E-state index contributed by atoms with van der Waals surface area (Å²) < 4.78 is 1.78. The molecule has 3 rings (SSSR count). The van der Waals surface area contributed by atoms with E-state index in [1.807, 2.05) is 19.1 Å². The summed E-state index contributed by atoms with van der Waals surface area (Å²) in [6, 6.07) is 5.14. The van der Waals surface area contributed by atoms with Crippen molar-refractivity contribution in [3.8, 4) is 0 Å². The smallest absolute Gasteiger partial charge is 0.251 e. The molecule has 3 atom stereocenters. The van der Waals surface area contributed by atoms with Crippen LogP contribution in [-0.4, -0.2) is 35.4 Å². The first-order chi connectivity index (χ1) is 9.11. The van der Waals surface area contributed by atoms with Gasteiger partial charge in [0.15, 0.2) is 5.78 Å². The van der Waals surface area contributed by atoms with Crippen molar-refractivity contribution in [2.24, 2.45) is 5.92 Å². The number of nitrogens with zero attached hydrogens (tertiary/aromatic N) is 2. The summed E-state index contributed by atoms with van der Waals surface area (Å²) in [5, 5.41) is 0. The number of likely N-dealkylation sites (N-methyl/N-ethyl adjacent to an activating group) is 1. The van der Waals surface area contributed by atoms with Crippen LogP contribution in [0.1, 0.15) is 37.4 Å². The number of ketones is 1. The van der Waals surface area contributed by atoms with Gasteiger partial charge in [0.2, 0.25) is 0 Å². The topological polar surface area (TPSA) is 42.3 Å². The molecule has 2 aliphatic heterocycles. The lowest BCUT2D eigenvalue weighted by Crippen LogP contribution is -2.50. The summed E-state index contributed by atoms with van der Waals surface area (Å²) in [6.07, 6.45) is 1.53. The molecule has 0 saturated carbocycles. The summed E-state index contributed by atoms with van der Waals surface area (Å²) in [7, 11) is 2.10. The number of piperidine rings is 1. The molecule has 4 heteroatoms. The summed E-state index contributed by atoms with van der Waals surface area (Å²) in [5.74, 6) is 0.857. The number of fused-ring (bicyclic) bond motifs is 4. The molecule has 1 aromatic heterocycles. The highest BCUT2D eigenvalue weighted by atomic mass is 16.1. The van der Waals surface area contributed by atoms with Crippen molar-refractivity contribution in [3.05, 3.63) is 34.2 Å². The van der Waals surface area contributed by atoms with Crippen molar-refractivity contribution in [1.29, 1.82) is 0 Å². The molecule has 102 valence electrons. The van der Waals surface area contributed by atoms with Crippen molar-refractivity contribution in [3.63, 3.8) is 0 Å². The fourth-order valence-electron chi connectivity index (χ4n) is 3.78. The zero-order valence-electron chi connectivity index (χ0n) is 11.5. The summed E-state index contributed by atoms with van der Waals surface area (Å²) in [6.45, 7) is 3.77. The van der Waals surface area contributed by atoms with E-state index in [1.54, 1.807) is 10.6 Å². The van der Waals surface area contributed by atoms with E-state index in [1.165, 1.54) is 0 Å². The maximum Gasteiger partial charge on any atom is 0.251 e. The average Bonchev–Trinajstić information content (AvgIpc) is 2.39. The minimum Gasteiger partial charge on any atom is -0.305 e. The van der Waals surface area contributed by atoms with Crippen LogP contribution >= 0.6 is 0 Å². The van der Waals surface area contributed by atoms with Gasteiger partial charge in [0.25, 0.3) is 5.56 Å². The van der Waals surface area contributed by atoms with E-state index in [0.717, 1.165) is 25.2 Å². The predicted octanol–water partition coefficient (Wildman–Crippen LogP) is 1.42. The summed E-state index contributed by atoms with van der Waals surface area (Å²) >= 11 is 0. The Kier molecular flexibility index (Phi) is 3.05. The van der Waals surface area contributed by atoms with Gasteiger partial charge in [0, 0.05) is 43.1 Å². The number of hydrogen-bond acceptors (Lipinski definition) is 3. The van der Waals surface area contributed by atoms with Crippen LogP contribution in [0, 0.1) is 5.92 Å². The van der Waals surface area contributed by atoms with Gasteiger partial charge in [-0.15, -0.1) is 0 Å². The van der Waals surface area contributed by atoms with Crippen molar-refractivity contribution in [1.82, 2.24) is 9.47 Å². The number of likely N-dealkylation sites (tertiary alicyclic amines) is 1. The molecule has 0 amide bonds. The fourth-order valence-corrected chi connectivity index (χ4v) is 3.78. The van der Waals surface area contributed by atoms with Gasteiger partial charge in [-0.25, -0.2) is 0 Å². The molecule has 4 nitrogen and oxygen atoms in total. The maximum atomic E-state index is 12.3. The maximum absolute atomic E-state index is 12.3. The Balaban J connectivity index is 2.17. The number of hydrogen-bond donors (Lipinski definition) is 0. The third kappa shape index (κ3) is 1.94. The predicted molar refractivity (Wildman–Crippen MR) is 73.4 cm³/mol. The Morgan fingerprint density at radius 2 is 2.16 bits per heavy atom. The molecule has 0 unspecified atom stereocenters. The Morgan fingerprint density at radius 3 is 2.89 bits per heavy atom. The van der Waals surface area contributed by atoms with Crippen LogP contribution in [-0.2, 0) is 4.79 Å². The lowest BCUT2D eigenvalue weighted by Gasteiger charge is -2.45. The van der Waals surface area contributed by atoms with E-state index in [0.29, 0.717) is 12.3 Å². The number of aromatic nitrogens is 1. The van der Waals surface area contributed by atoms with Gasteiger partial charge >= 0.3 is 0 Å². The second kappa shape index (κ2) is 4.60. The molecule has 0 radical (unpaired) electrons. The minimum atomic E-state index is -0.257. The molecule has 19 heavy (non-hydrogen) atoms. The standard InChI is InChI=1S/C15H20N2O2/c1-3-13(18)15-11-7-10(8-16(2)9-11)12-5-4-6-14(19)17(12)15/h4-6,10-11,15H,3,7-9H2,1-2H3/t10-,11+,15+/m1/s1. The van der Waals surface area contributed by atoms with Crippen LogP contribution < -0.4 is 5.56 Å². The minimum absolute atomic E-state index is 0.0245. The number of carbonyl (C=O) groups excluding carboxylic acids is 1. The fraction of sp³-hybridized carbons (Fsp3) is 0.600. The zero-order chi connectivity index (χ0) is 13.6. The highest BCUT2D eigenvalue weighted by Gasteiger charge is 2.41. The molecule has 1 saturated heterocycles. The largest absolute Gasteiger partial charge is 0.305 e. The van der Waals surface area contributed by atoms with E-state index < -0.39 is 0 Å². The van der Waals surface area contributed by atoms with Crippen LogP contribution in [0.5, 0.6) is 0 Å². The van der Waals surface area contributed by atoms with Crippen molar-refractivity contribution < 1.29 is 4.79 Å². The van der Waals surface area contributed by atoms with Gasteiger partial charge < -0.3 is 9.47 Å². The Hall–Kier alpha value is -1.42. The Labute approximate surface area is 113 Å². The van der Waals surface area contributed by atoms with Gasteiger partial charge in [0.1, 0.15) is 0 Å². The van der Waals surface area contributed by atoms with Crippen molar-refractivity contribution >= 4 is 5.78 Å². The van der Waals surface area contributed by atoms with Crippen LogP contribution in [0.25, 0.3) is 0 Å². The van der Waals surface area contributed by atoms with Crippen molar-refractivity contribution in [2.45, 2.75) is 31.7 Å². The first-order valence-corrected chi connectivity index (χ1v) is 7.04. The van der Waals surface area contributed by atoms with E-state index in [2.05, 4.69) is 11.9 Å². The highest BCUT2D eigenvalue weighted by Crippen LogP contribution is 2.41. The second-order valence-electron chi connectivity index (χ2n) is 5.84. The molecule has 1 aromatic rings. The van der Waals surface area contributed by atoms with Crippen LogP contribution in [0.15, 0.2) is 23.0 Å². The van der Waals surface area contributed by atoms with Gasteiger partial charge in [-0.05, 0) is 19.5 Å². The lowest BCUT2D eigenvalue weighted by molar-refractivity contribution is -0.125. The molecule has 0 aromatic carbocycles. The number of carbonyl (C=O) groups is 1. The highest BCUT2D eigenvalue weighted by molar-refractivity contribution is 5.83. The average molecular weight is 260 g/mol. The Bertz CT molecular complexity index is 564. The van der Waals surface area contributed by atoms with E-state index in [-0.39, 0.29) is 23.3 Å². The van der Waals surface area contributed by atoms with Gasteiger partial charge in [-0.1, -0.05) is 13.0 Å². The number of rotatable bonds is 2. The molecule has 0 spiro atoms. The summed E-state index contributed by atoms with van der Waals surface area (Å²) in [4.78, 5) is 26.8. The molecule has 2 aliphatic rings. The summed E-state index contributed by atoms with van der Waals surface area (Å²) in [5.41, 5.74) is 1.02. The molecule has 3 heterocycles. The second-order valence-corrected chi connectivity index (χ2v) is 5.84. The van der Waals surface area contributed by atoms with Gasteiger partial charge in [-0.3, -0.25) is 9.59 Å². The molecular formula is C15H20N2O2. The van der Waals surface area contributed by atoms with Gasteiger partial charge in [-0.2, -0.15) is 0 Å². The first-order valence-electron chi connectivity index (χ1n) is 7.04. The lowest BCUT2D eigenvalue weighted by atomic mass is 9.77. The number of Topliss-reactive ketones (excluding diaryl/α,β-unsaturated/α-hetero) is 1. The van der Waals surface area contributed by atoms with Crippen LogP contribution in [0.3, 0.4) is 0 Å². The quantitative estimate of drug-likeness (QED) is 0.807. The van der Waals surface area contributed by atoms with Crippen LogP contribution in [0.2, 0.25) is 0 Å². The van der Waals surface area contributed by atoms with E-state index in [4.69, 9.17) is 0 Å². The monoisotopic (exact) mass is 260 g/mol. The molecule has 2 bridgehead atoms. The normalized spacial score (nSPS) is 29.9. The van der Waals surface area contributed by atoms with E-state index in [9.17, 15) is 9.59 Å². The Morgan fingerprint density at radius 1 is 1.37 bits per heavy atom. The third-order valence-electron chi connectivity index (χ3n) is 4.51. The first kappa shape index (κ1) is 12.6. The molecule has 0 aliphatic carbocycles. The van der Waals surface area contributed by atoms with E-state index >= 15 is 0 Å². The van der Waals surface area contributed by atoms with Crippen LogP contribution in [0.4, 0.5) is 0 Å². The van der Waals surface area contributed by atoms with Crippen molar-refractivity contribution in [2.75, 3.05) is 20.1 Å². The third-order valence-corrected chi connectivity index (χ3v) is 4.51.